The Labute approximate surface area is 155 Å². The molecule has 1 fully saturated rings. The van der Waals surface area contributed by atoms with Crippen molar-refractivity contribution in [3.63, 3.8) is 0 Å². The first-order valence-corrected chi connectivity index (χ1v) is 9.27. The van der Waals surface area contributed by atoms with E-state index in [0.29, 0.717) is 5.92 Å². The number of hydrogen-bond acceptors (Lipinski definition) is 2. The highest BCUT2D eigenvalue weighted by Crippen LogP contribution is 2.40. The van der Waals surface area contributed by atoms with Gasteiger partial charge < -0.3 is 10.6 Å². The molecule has 0 aromatic heterocycles. The Bertz CT molecular complexity index is 682. The summed E-state index contributed by atoms with van der Waals surface area (Å²) in [6.45, 7) is 4.07. The van der Waals surface area contributed by atoms with Crippen LogP contribution in [0.15, 0.2) is 60.7 Å². The Morgan fingerprint density at radius 2 is 1.31 bits per heavy atom. The molecule has 136 valence electrons. The van der Waals surface area contributed by atoms with Gasteiger partial charge in [-0.1, -0.05) is 74.5 Å². The summed E-state index contributed by atoms with van der Waals surface area (Å²) >= 11 is 0. The summed E-state index contributed by atoms with van der Waals surface area (Å²) in [5, 5.41) is 5.84. The largest absolute Gasteiger partial charge is 0.341 e. The van der Waals surface area contributed by atoms with Gasteiger partial charge in [-0.3, -0.25) is 9.59 Å². The monoisotopic (exact) mass is 350 g/mol. The zero-order valence-electron chi connectivity index (χ0n) is 15.3. The second kappa shape index (κ2) is 8.17. The fourth-order valence-electron chi connectivity index (χ4n) is 3.27. The predicted molar refractivity (Wildman–Crippen MR) is 102 cm³/mol. The van der Waals surface area contributed by atoms with E-state index in [-0.39, 0.29) is 18.0 Å². The SMILES string of the molecule is CC(C)[C@@H](NC(=O)C(=O)N[C@H](c1ccccc1)C1CC1)c1ccccc1. The van der Waals surface area contributed by atoms with Crippen molar-refractivity contribution in [2.75, 3.05) is 0 Å². The average molecular weight is 350 g/mol. The first kappa shape index (κ1) is 18.2. The fraction of sp³-hybridized carbons (Fsp3) is 0.364. The van der Waals surface area contributed by atoms with Crippen LogP contribution in [0.2, 0.25) is 0 Å². The van der Waals surface area contributed by atoms with Gasteiger partial charge in [0.2, 0.25) is 0 Å². The van der Waals surface area contributed by atoms with E-state index in [1.54, 1.807) is 0 Å². The summed E-state index contributed by atoms with van der Waals surface area (Å²) in [5.74, 6) is -0.534. The van der Waals surface area contributed by atoms with Gasteiger partial charge in [-0.2, -0.15) is 0 Å². The lowest BCUT2D eigenvalue weighted by atomic mass is 9.96. The van der Waals surface area contributed by atoms with Gasteiger partial charge >= 0.3 is 11.8 Å². The molecule has 2 aromatic carbocycles. The minimum Gasteiger partial charge on any atom is -0.341 e. The number of carbonyl (C=O) groups excluding carboxylic acids is 2. The summed E-state index contributed by atoms with van der Waals surface area (Å²) in [6.07, 6.45) is 2.17. The third-order valence-corrected chi connectivity index (χ3v) is 4.86. The van der Waals surface area contributed by atoms with Gasteiger partial charge in [-0.15, -0.1) is 0 Å². The lowest BCUT2D eigenvalue weighted by Crippen LogP contribution is -2.44. The number of rotatable bonds is 6. The van der Waals surface area contributed by atoms with Gasteiger partial charge in [0.25, 0.3) is 0 Å². The van der Waals surface area contributed by atoms with Crippen molar-refractivity contribution in [2.45, 2.75) is 38.8 Å². The molecule has 1 saturated carbocycles. The lowest BCUT2D eigenvalue weighted by molar-refractivity contribution is -0.140. The van der Waals surface area contributed by atoms with Gasteiger partial charge in [0.05, 0.1) is 12.1 Å². The van der Waals surface area contributed by atoms with Gasteiger partial charge in [0, 0.05) is 0 Å². The van der Waals surface area contributed by atoms with Crippen molar-refractivity contribution in [3.8, 4) is 0 Å². The fourth-order valence-corrected chi connectivity index (χ4v) is 3.27. The van der Waals surface area contributed by atoms with Crippen LogP contribution < -0.4 is 10.6 Å². The van der Waals surface area contributed by atoms with Crippen LogP contribution in [0, 0.1) is 11.8 Å². The van der Waals surface area contributed by atoms with E-state index in [2.05, 4.69) is 10.6 Å². The molecule has 0 heterocycles. The molecule has 0 radical (unpaired) electrons. The molecule has 0 aliphatic heterocycles. The van der Waals surface area contributed by atoms with Crippen molar-refractivity contribution in [2.24, 2.45) is 11.8 Å². The second-order valence-corrected chi connectivity index (χ2v) is 7.31. The van der Waals surface area contributed by atoms with E-state index in [0.717, 1.165) is 24.0 Å². The number of benzene rings is 2. The molecule has 2 N–H and O–H groups in total. The minimum absolute atomic E-state index is 0.0938. The first-order chi connectivity index (χ1) is 12.6. The van der Waals surface area contributed by atoms with Crippen LogP contribution in [-0.4, -0.2) is 11.8 Å². The van der Waals surface area contributed by atoms with Crippen molar-refractivity contribution in [1.29, 1.82) is 0 Å². The van der Waals surface area contributed by atoms with Crippen LogP contribution in [0.3, 0.4) is 0 Å². The van der Waals surface area contributed by atoms with Crippen molar-refractivity contribution in [3.05, 3.63) is 71.8 Å². The van der Waals surface area contributed by atoms with Crippen molar-refractivity contribution < 1.29 is 9.59 Å². The van der Waals surface area contributed by atoms with Crippen LogP contribution in [0.5, 0.6) is 0 Å². The van der Waals surface area contributed by atoms with Gasteiger partial charge in [0.1, 0.15) is 0 Å². The molecule has 2 atom stereocenters. The summed E-state index contributed by atoms with van der Waals surface area (Å²) in [4.78, 5) is 25.0. The number of nitrogens with one attached hydrogen (secondary N) is 2. The Morgan fingerprint density at radius 3 is 1.81 bits per heavy atom. The van der Waals surface area contributed by atoms with E-state index in [4.69, 9.17) is 0 Å². The summed E-state index contributed by atoms with van der Waals surface area (Å²) in [7, 11) is 0. The van der Waals surface area contributed by atoms with Gasteiger partial charge in [-0.05, 0) is 35.8 Å². The Kier molecular flexibility index (Phi) is 5.71. The molecular formula is C22H26N2O2. The zero-order valence-corrected chi connectivity index (χ0v) is 15.3. The smallest absolute Gasteiger partial charge is 0.309 e. The standard InChI is InChI=1S/C22H26N2O2/c1-15(2)19(16-9-5-3-6-10-16)23-21(25)22(26)24-20(18-13-14-18)17-11-7-4-8-12-17/h3-12,15,18-20H,13-14H2,1-2H3,(H,23,25)(H,24,26)/t19-,20-/m1/s1. The quantitative estimate of drug-likeness (QED) is 0.779. The Hall–Kier alpha value is -2.62. The van der Waals surface area contributed by atoms with Crippen molar-refractivity contribution >= 4 is 11.8 Å². The molecule has 1 aliphatic rings. The van der Waals surface area contributed by atoms with Gasteiger partial charge in [0.15, 0.2) is 0 Å². The zero-order chi connectivity index (χ0) is 18.5. The topological polar surface area (TPSA) is 58.2 Å². The Morgan fingerprint density at radius 1 is 0.808 bits per heavy atom. The molecule has 26 heavy (non-hydrogen) atoms. The second-order valence-electron chi connectivity index (χ2n) is 7.31. The highest BCUT2D eigenvalue weighted by molar-refractivity contribution is 6.35. The van der Waals surface area contributed by atoms with Crippen LogP contribution in [-0.2, 0) is 9.59 Å². The molecule has 2 aromatic rings. The molecule has 3 rings (SSSR count). The van der Waals surface area contributed by atoms with Gasteiger partial charge in [-0.25, -0.2) is 0 Å². The van der Waals surface area contributed by atoms with Crippen LogP contribution >= 0.6 is 0 Å². The molecule has 0 saturated heterocycles. The van der Waals surface area contributed by atoms with Crippen molar-refractivity contribution in [1.82, 2.24) is 10.6 Å². The summed E-state index contributed by atoms with van der Waals surface area (Å²) in [5.41, 5.74) is 2.06. The molecule has 4 nitrogen and oxygen atoms in total. The minimum atomic E-state index is -0.575. The average Bonchev–Trinajstić information content (AvgIpc) is 3.50. The van der Waals surface area contributed by atoms with E-state index in [1.807, 2.05) is 74.5 Å². The maximum absolute atomic E-state index is 12.5. The van der Waals surface area contributed by atoms with Crippen LogP contribution in [0.25, 0.3) is 0 Å². The van der Waals surface area contributed by atoms with E-state index in [9.17, 15) is 9.59 Å². The Balaban J connectivity index is 1.67. The highest BCUT2D eigenvalue weighted by atomic mass is 16.2. The molecule has 0 bridgehead atoms. The predicted octanol–water partition coefficient (Wildman–Crippen LogP) is 3.77. The molecule has 1 aliphatic carbocycles. The van der Waals surface area contributed by atoms with E-state index < -0.39 is 11.8 Å². The maximum Gasteiger partial charge on any atom is 0.309 e. The third kappa shape index (κ3) is 4.51. The highest BCUT2D eigenvalue weighted by Gasteiger charge is 2.34. The third-order valence-electron chi connectivity index (χ3n) is 4.86. The van der Waals surface area contributed by atoms with Crippen LogP contribution in [0.1, 0.15) is 49.9 Å². The first-order valence-electron chi connectivity index (χ1n) is 9.27. The molecule has 4 heteroatoms. The maximum atomic E-state index is 12.5. The molecule has 0 unspecified atom stereocenters. The normalized spacial score (nSPS) is 16.0. The molecule has 0 spiro atoms. The summed E-state index contributed by atoms with van der Waals surface area (Å²) < 4.78 is 0. The molecule has 2 amide bonds. The molecular weight excluding hydrogens is 324 g/mol. The number of carbonyl (C=O) groups is 2. The lowest BCUT2D eigenvalue weighted by Gasteiger charge is -2.24. The van der Waals surface area contributed by atoms with E-state index in [1.165, 1.54) is 0 Å². The number of amides is 2. The summed E-state index contributed by atoms with van der Waals surface area (Å²) in [6, 6.07) is 19.4. The van der Waals surface area contributed by atoms with Crippen LogP contribution in [0.4, 0.5) is 0 Å². The number of hydrogen-bond donors (Lipinski definition) is 2. The van der Waals surface area contributed by atoms with E-state index >= 15 is 0 Å².